The molecule has 2 rings (SSSR count). The zero-order valence-corrected chi connectivity index (χ0v) is 10.7. The van der Waals surface area contributed by atoms with Crippen LogP contribution in [0.2, 0.25) is 0 Å². The monoisotopic (exact) mass is 237 g/mol. The third-order valence-electron chi connectivity index (χ3n) is 3.04. The van der Waals surface area contributed by atoms with E-state index in [1.807, 2.05) is 10.9 Å². The van der Waals surface area contributed by atoms with E-state index in [4.69, 9.17) is 4.74 Å². The van der Waals surface area contributed by atoms with Crippen LogP contribution < -0.4 is 5.32 Å². The number of hydrogen-bond acceptors (Lipinski definition) is 3. The highest BCUT2D eigenvalue weighted by atomic mass is 16.5. The van der Waals surface area contributed by atoms with Crippen LogP contribution in [0.25, 0.3) is 0 Å². The molecule has 0 radical (unpaired) electrons. The third kappa shape index (κ3) is 4.48. The van der Waals surface area contributed by atoms with Crippen molar-refractivity contribution < 1.29 is 4.74 Å². The van der Waals surface area contributed by atoms with Crippen molar-refractivity contribution in [3.05, 3.63) is 18.0 Å². The molecule has 96 valence electrons. The fraction of sp³-hybridized carbons (Fsp3) is 0.769. The Bertz CT molecular complexity index is 320. The van der Waals surface area contributed by atoms with Crippen LogP contribution in [0.15, 0.2) is 12.3 Å². The molecule has 1 aromatic rings. The van der Waals surface area contributed by atoms with Gasteiger partial charge in [-0.25, -0.2) is 0 Å². The molecule has 1 N–H and O–H groups in total. The number of unbranched alkanes of at least 4 members (excludes halogenated alkanes) is 1. The first-order valence-electron chi connectivity index (χ1n) is 6.72. The van der Waals surface area contributed by atoms with Gasteiger partial charge >= 0.3 is 0 Å². The number of rotatable bonds is 9. The van der Waals surface area contributed by atoms with E-state index in [0.717, 1.165) is 38.8 Å². The summed E-state index contributed by atoms with van der Waals surface area (Å²) in [5.74, 6) is 0. The van der Waals surface area contributed by atoms with Gasteiger partial charge in [-0.2, -0.15) is 5.10 Å². The highest BCUT2D eigenvalue weighted by molar-refractivity contribution is 5.01. The lowest BCUT2D eigenvalue weighted by molar-refractivity contribution is 0.120. The minimum atomic E-state index is 0.749. The molecule has 0 amide bonds. The quantitative estimate of drug-likeness (QED) is 0.667. The molecule has 1 aromatic heterocycles. The van der Waals surface area contributed by atoms with Crippen molar-refractivity contribution in [3.8, 4) is 0 Å². The van der Waals surface area contributed by atoms with Crippen molar-refractivity contribution in [1.82, 2.24) is 15.1 Å². The molecule has 1 aliphatic rings. The van der Waals surface area contributed by atoms with Crippen LogP contribution in [0.3, 0.4) is 0 Å². The molecule has 0 saturated heterocycles. The smallest absolute Gasteiger partial charge is 0.0662 e. The molecular formula is C13H23N3O. The summed E-state index contributed by atoms with van der Waals surface area (Å²) in [7, 11) is 0. The maximum Gasteiger partial charge on any atom is 0.0662 e. The van der Waals surface area contributed by atoms with Gasteiger partial charge in [0, 0.05) is 25.4 Å². The number of hydrogen-bond donors (Lipinski definition) is 1. The lowest BCUT2D eigenvalue weighted by Crippen LogP contribution is -2.19. The highest BCUT2D eigenvalue weighted by Gasteiger charge is 2.20. The predicted octanol–water partition coefficient (Wildman–Crippen LogP) is 1.95. The highest BCUT2D eigenvalue weighted by Crippen LogP contribution is 2.19. The van der Waals surface area contributed by atoms with Crippen LogP contribution in [-0.2, 0) is 17.8 Å². The molecule has 4 nitrogen and oxygen atoms in total. The summed E-state index contributed by atoms with van der Waals surface area (Å²) in [5.41, 5.74) is 1.26. The van der Waals surface area contributed by atoms with Crippen molar-refractivity contribution in [2.45, 2.75) is 51.7 Å². The molecule has 1 heterocycles. The summed E-state index contributed by atoms with van der Waals surface area (Å²) in [6, 6.07) is 2.83. The van der Waals surface area contributed by atoms with Gasteiger partial charge in [-0.05, 0) is 25.3 Å². The van der Waals surface area contributed by atoms with Crippen LogP contribution in [0.4, 0.5) is 0 Å². The Kier molecular flexibility index (Phi) is 5.01. The van der Waals surface area contributed by atoms with E-state index in [-0.39, 0.29) is 0 Å². The van der Waals surface area contributed by atoms with Gasteiger partial charge in [0.05, 0.1) is 18.8 Å². The van der Waals surface area contributed by atoms with Crippen LogP contribution in [0, 0.1) is 0 Å². The minimum absolute atomic E-state index is 0.749. The summed E-state index contributed by atoms with van der Waals surface area (Å²) in [6.45, 7) is 5.60. The second kappa shape index (κ2) is 6.77. The van der Waals surface area contributed by atoms with Crippen molar-refractivity contribution in [3.63, 3.8) is 0 Å². The van der Waals surface area contributed by atoms with Gasteiger partial charge in [0.15, 0.2) is 0 Å². The van der Waals surface area contributed by atoms with Gasteiger partial charge in [-0.1, -0.05) is 13.3 Å². The fourth-order valence-corrected chi connectivity index (χ4v) is 1.75. The van der Waals surface area contributed by atoms with E-state index in [9.17, 15) is 0 Å². The van der Waals surface area contributed by atoms with Gasteiger partial charge in [0.2, 0.25) is 0 Å². The zero-order valence-electron chi connectivity index (χ0n) is 10.7. The van der Waals surface area contributed by atoms with Gasteiger partial charge in [-0.3, -0.25) is 4.68 Å². The molecule has 1 saturated carbocycles. The Hall–Kier alpha value is -0.870. The Morgan fingerprint density at radius 1 is 1.47 bits per heavy atom. The standard InChI is InChI=1S/C13H23N3O/c1-2-3-9-17-10-8-16-13(6-7-15-16)11-14-12-4-5-12/h6-7,12,14H,2-5,8-11H2,1H3. The van der Waals surface area contributed by atoms with E-state index >= 15 is 0 Å². The molecule has 0 spiro atoms. The number of nitrogens with zero attached hydrogens (tertiary/aromatic N) is 2. The summed E-state index contributed by atoms with van der Waals surface area (Å²) < 4.78 is 7.60. The second-order valence-corrected chi connectivity index (χ2v) is 4.67. The van der Waals surface area contributed by atoms with Crippen molar-refractivity contribution >= 4 is 0 Å². The summed E-state index contributed by atoms with van der Waals surface area (Å²) in [6.07, 6.45) is 6.87. The van der Waals surface area contributed by atoms with Gasteiger partial charge in [-0.15, -0.1) is 0 Å². The van der Waals surface area contributed by atoms with Gasteiger partial charge < -0.3 is 10.1 Å². The molecule has 0 atom stereocenters. The Balaban J connectivity index is 1.66. The largest absolute Gasteiger partial charge is 0.380 e. The molecule has 0 aromatic carbocycles. The van der Waals surface area contributed by atoms with Crippen LogP contribution in [-0.4, -0.2) is 29.0 Å². The summed E-state index contributed by atoms with van der Waals surface area (Å²) in [5, 5.41) is 7.84. The van der Waals surface area contributed by atoms with Gasteiger partial charge in [0.1, 0.15) is 0 Å². The Morgan fingerprint density at radius 3 is 3.12 bits per heavy atom. The molecule has 17 heavy (non-hydrogen) atoms. The maximum absolute atomic E-state index is 5.56. The lowest BCUT2D eigenvalue weighted by Gasteiger charge is -2.08. The van der Waals surface area contributed by atoms with Crippen LogP contribution >= 0.6 is 0 Å². The minimum Gasteiger partial charge on any atom is -0.380 e. The first-order chi connectivity index (χ1) is 8.40. The van der Waals surface area contributed by atoms with E-state index in [1.165, 1.54) is 25.0 Å². The molecule has 0 aliphatic heterocycles. The Labute approximate surface area is 103 Å². The Morgan fingerprint density at radius 2 is 2.35 bits per heavy atom. The fourth-order valence-electron chi connectivity index (χ4n) is 1.75. The first-order valence-corrected chi connectivity index (χ1v) is 6.72. The summed E-state index contributed by atoms with van der Waals surface area (Å²) in [4.78, 5) is 0. The molecule has 0 bridgehead atoms. The van der Waals surface area contributed by atoms with Crippen molar-refractivity contribution in [2.75, 3.05) is 13.2 Å². The molecule has 1 fully saturated rings. The van der Waals surface area contributed by atoms with E-state index in [1.54, 1.807) is 0 Å². The topological polar surface area (TPSA) is 39.1 Å². The average molecular weight is 237 g/mol. The van der Waals surface area contributed by atoms with E-state index in [2.05, 4.69) is 23.4 Å². The normalized spacial score (nSPS) is 15.4. The maximum atomic E-state index is 5.56. The van der Waals surface area contributed by atoms with Crippen LogP contribution in [0.5, 0.6) is 0 Å². The summed E-state index contributed by atoms with van der Waals surface area (Å²) >= 11 is 0. The number of aromatic nitrogens is 2. The predicted molar refractivity (Wildman–Crippen MR) is 67.8 cm³/mol. The molecule has 0 unspecified atom stereocenters. The third-order valence-corrected chi connectivity index (χ3v) is 3.04. The van der Waals surface area contributed by atoms with Crippen LogP contribution in [0.1, 0.15) is 38.3 Å². The van der Waals surface area contributed by atoms with E-state index in [0.29, 0.717) is 0 Å². The SMILES string of the molecule is CCCCOCCn1nccc1CNC1CC1. The molecule has 1 aliphatic carbocycles. The lowest BCUT2D eigenvalue weighted by atomic mass is 10.4. The van der Waals surface area contributed by atoms with Crippen molar-refractivity contribution in [2.24, 2.45) is 0 Å². The molecule has 4 heteroatoms. The van der Waals surface area contributed by atoms with E-state index < -0.39 is 0 Å². The number of ether oxygens (including phenoxy) is 1. The zero-order chi connectivity index (χ0) is 11.9. The average Bonchev–Trinajstić information content (AvgIpc) is 3.06. The second-order valence-electron chi connectivity index (χ2n) is 4.67. The number of nitrogens with one attached hydrogen (secondary N) is 1. The van der Waals surface area contributed by atoms with Gasteiger partial charge in [0.25, 0.3) is 0 Å². The molecular weight excluding hydrogens is 214 g/mol. The van der Waals surface area contributed by atoms with Crippen molar-refractivity contribution in [1.29, 1.82) is 0 Å². The first kappa shape index (κ1) is 12.6.